The minimum Gasteiger partial charge on any atom is -0.444 e. The van der Waals surface area contributed by atoms with E-state index in [4.69, 9.17) is 11.2 Å². The van der Waals surface area contributed by atoms with Gasteiger partial charge >= 0.3 is 6.09 Å². The van der Waals surface area contributed by atoms with E-state index in [1.807, 2.05) is 32.0 Å². The lowest BCUT2D eigenvalue weighted by atomic mass is 9.86. The average Bonchev–Trinajstić information content (AvgIpc) is 2.74. The van der Waals surface area contributed by atoms with Crippen molar-refractivity contribution in [3.63, 3.8) is 0 Å². The molecule has 1 fully saturated rings. The zero-order valence-electron chi connectivity index (χ0n) is 22.0. The number of nitrogens with zero attached hydrogens (tertiary/aromatic N) is 1. The van der Waals surface area contributed by atoms with Crippen molar-refractivity contribution in [2.45, 2.75) is 97.4 Å². The SMILES string of the molecule is C#Cc1ccccc1C(C(=O)NCCCC)N(C(=O)C(NC(=O)OC(C)(C)C)C(C)C)C1CCC1. The van der Waals surface area contributed by atoms with Crippen molar-refractivity contribution in [2.75, 3.05) is 6.54 Å². The fourth-order valence-electron chi connectivity index (χ4n) is 4.06. The van der Waals surface area contributed by atoms with Crippen molar-refractivity contribution in [3.05, 3.63) is 35.4 Å². The molecule has 0 aromatic heterocycles. The summed E-state index contributed by atoms with van der Waals surface area (Å²) in [6, 6.07) is 5.38. The third-order valence-electron chi connectivity index (χ3n) is 6.09. The van der Waals surface area contributed by atoms with Crippen LogP contribution in [0.3, 0.4) is 0 Å². The molecule has 1 aliphatic rings. The van der Waals surface area contributed by atoms with Crippen molar-refractivity contribution in [3.8, 4) is 12.3 Å². The Morgan fingerprint density at radius 3 is 2.37 bits per heavy atom. The number of unbranched alkanes of at least 4 members (excludes halogenated alkanes) is 1. The van der Waals surface area contributed by atoms with Gasteiger partial charge < -0.3 is 20.3 Å². The molecule has 2 N–H and O–H groups in total. The van der Waals surface area contributed by atoms with E-state index >= 15 is 0 Å². The van der Waals surface area contributed by atoms with Crippen LogP contribution in [-0.2, 0) is 14.3 Å². The van der Waals surface area contributed by atoms with Crippen molar-refractivity contribution in [1.82, 2.24) is 15.5 Å². The Balaban J connectivity index is 2.50. The Morgan fingerprint density at radius 1 is 1.20 bits per heavy atom. The Hall–Kier alpha value is -3.01. The maximum Gasteiger partial charge on any atom is 0.408 e. The van der Waals surface area contributed by atoms with Crippen LogP contribution in [0, 0.1) is 18.3 Å². The summed E-state index contributed by atoms with van der Waals surface area (Å²) in [6.45, 7) is 11.6. The third-order valence-corrected chi connectivity index (χ3v) is 6.09. The van der Waals surface area contributed by atoms with Crippen LogP contribution in [0.15, 0.2) is 24.3 Å². The lowest BCUT2D eigenvalue weighted by molar-refractivity contribution is -0.148. The summed E-state index contributed by atoms with van der Waals surface area (Å²) < 4.78 is 5.42. The van der Waals surface area contributed by atoms with Crippen LogP contribution >= 0.6 is 0 Å². The first-order valence-electron chi connectivity index (χ1n) is 12.6. The second-order valence-electron chi connectivity index (χ2n) is 10.5. The van der Waals surface area contributed by atoms with Crippen LogP contribution in [-0.4, -0.2) is 47.0 Å². The maximum absolute atomic E-state index is 14.1. The van der Waals surface area contributed by atoms with Crippen LogP contribution in [0.1, 0.15) is 90.8 Å². The molecule has 0 saturated heterocycles. The van der Waals surface area contributed by atoms with Gasteiger partial charge in [-0.05, 0) is 64.0 Å². The smallest absolute Gasteiger partial charge is 0.408 e. The number of carbonyl (C=O) groups is 3. The molecule has 7 heteroatoms. The number of hydrogen-bond acceptors (Lipinski definition) is 4. The maximum atomic E-state index is 14.1. The summed E-state index contributed by atoms with van der Waals surface area (Å²) in [5.74, 6) is 1.88. The van der Waals surface area contributed by atoms with Crippen molar-refractivity contribution >= 4 is 17.9 Å². The summed E-state index contributed by atoms with van der Waals surface area (Å²) in [5, 5.41) is 5.76. The number of hydrogen-bond donors (Lipinski definition) is 2. The van der Waals surface area contributed by atoms with Crippen molar-refractivity contribution in [1.29, 1.82) is 0 Å². The Kier molecular flexibility index (Phi) is 10.2. The number of alkyl carbamates (subject to hydrolysis) is 1. The molecule has 0 bridgehead atoms. The topological polar surface area (TPSA) is 87.7 Å². The zero-order valence-corrected chi connectivity index (χ0v) is 22.0. The van der Waals surface area contributed by atoms with Crippen LogP contribution in [0.4, 0.5) is 4.79 Å². The molecule has 192 valence electrons. The minimum atomic E-state index is -0.890. The van der Waals surface area contributed by atoms with Gasteiger partial charge in [0.05, 0.1) is 0 Å². The highest BCUT2D eigenvalue weighted by atomic mass is 16.6. The number of carbonyl (C=O) groups excluding carboxylic acids is 3. The first-order chi connectivity index (χ1) is 16.5. The summed E-state index contributed by atoms with van der Waals surface area (Å²) in [4.78, 5) is 41.9. The predicted molar refractivity (Wildman–Crippen MR) is 138 cm³/mol. The molecule has 3 amide bonds. The Labute approximate surface area is 210 Å². The van der Waals surface area contributed by atoms with Gasteiger partial charge in [0.2, 0.25) is 11.8 Å². The molecule has 7 nitrogen and oxygen atoms in total. The van der Waals surface area contributed by atoms with E-state index in [0.29, 0.717) is 17.7 Å². The lowest BCUT2D eigenvalue weighted by Crippen LogP contribution is -2.59. The highest BCUT2D eigenvalue weighted by Crippen LogP contribution is 2.35. The molecule has 1 aromatic carbocycles. The summed E-state index contributed by atoms with van der Waals surface area (Å²) >= 11 is 0. The van der Waals surface area contributed by atoms with Crippen LogP contribution in [0.25, 0.3) is 0 Å². The fraction of sp³-hybridized carbons (Fsp3) is 0.607. The standard InChI is InChI=1S/C28H41N3O4/c1-8-10-18-29-25(32)24(22-17-12-11-14-20(22)9-2)31(21-15-13-16-21)26(33)23(19(3)4)30-27(34)35-28(5,6)7/h2,11-12,14,17,19,21,23-24H,8,10,13,15-16,18H2,1,3-7H3,(H,29,32)(H,30,34). The summed E-state index contributed by atoms with van der Waals surface area (Å²) in [7, 11) is 0. The van der Waals surface area contributed by atoms with Crippen LogP contribution in [0.5, 0.6) is 0 Å². The van der Waals surface area contributed by atoms with Gasteiger partial charge in [-0.2, -0.15) is 0 Å². The normalized spacial score (nSPS) is 15.4. The number of nitrogens with one attached hydrogen (secondary N) is 2. The number of amides is 3. The molecular weight excluding hydrogens is 442 g/mol. The summed E-state index contributed by atoms with van der Waals surface area (Å²) in [6.07, 6.45) is 9.45. The average molecular weight is 484 g/mol. The van der Waals surface area contributed by atoms with Gasteiger partial charge in [0.25, 0.3) is 0 Å². The molecule has 1 aliphatic carbocycles. The molecule has 1 aromatic rings. The Bertz CT molecular complexity index is 925. The van der Waals surface area contributed by atoms with E-state index in [0.717, 1.165) is 32.1 Å². The van der Waals surface area contributed by atoms with Crippen molar-refractivity contribution < 1.29 is 19.1 Å². The van der Waals surface area contributed by atoms with Gasteiger partial charge in [-0.25, -0.2) is 4.79 Å². The van der Waals surface area contributed by atoms with Gasteiger partial charge in [-0.3, -0.25) is 9.59 Å². The van der Waals surface area contributed by atoms with Gasteiger partial charge in [-0.1, -0.05) is 51.3 Å². The molecule has 0 heterocycles. The molecule has 2 rings (SSSR count). The molecular formula is C28H41N3O4. The fourth-order valence-corrected chi connectivity index (χ4v) is 4.06. The predicted octanol–water partition coefficient (Wildman–Crippen LogP) is 4.56. The first kappa shape index (κ1) is 28.2. The quantitative estimate of drug-likeness (QED) is 0.377. The number of benzene rings is 1. The largest absolute Gasteiger partial charge is 0.444 e. The monoisotopic (exact) mass is 483 g/mol. The van der Waals surface area contributed by atoms with Crippen molar-refractivity contribution in [2.24, 2.45) is 5.92 Å². The van der Waals surface area contributed by atoms with E-state index in [2.05, 4.69) is 23.5 Å². The Morgan fingerprint density at radius 2 is 1.86 bits per heavy atom. The minimum absolute atomic E-state index is 0.114. The number of rotatable bonds is 10. The van der Waals surface area contributed by atoms with E-state index in [-0.39, 0.29) is 23.8 Å². The molecule has 2 unspecified atom stereocenters. The van der Waals surface area contributed by atoms with Gasteiger partial charge in [0, 0.05) is 18.2 Å². The van der Waals surface area contributed by atoms with Crippen LogP contribution in [0.2, 0.25) is 0 Å². The molecule has 0 spiro atoms. The van der Waals surface area contributed by atoms with Crippen LogP contribution < -0.4 is 10.6 Å². The molecule has 0 radical (unpaired) electrons. The third kappa shape index (κ3) is 7.74. The number of terminal acetylenes is 1. The van der Waals surface area contributed by atoms with Gasteiger partial charge in [-0.15, -0.1) is 6.42 Å². The van der Waals surface area contributed by atoms with E-state index in [1.54, 1.807) is 31.7 Å². The lowest BCUT2D eigenvalue weighted by Gasteiger charge is -2.44. The van der Waals surface area contributed by atoms with E-state index < -0.39 is 23.8 Å². The summed E-state index contributed by atoms with van der Waals surface area (Å²) in [5.41, 5.74) is 0.487. The van der Waals surface area contributed by atoms with E-state index in [1.165, 1.54) is 0 Å². The highest BCUT2D eigenvalue weighted by molar-refractivity contribution is 5.93. The van der Waals surface area contributed by atoms with Gasteiger partial charge in [0.15, 0.2) is 0 Å². The molecule has 0 aliphatic heterocycles. The van der Waals surface area contributed by atoms with Gasteiger partial charge in [0.1, 0.15) is 17.7 Å². The molecule has 35 heavy (non-hydrogen) atoms. The van der Waals surface area contributed by atoms with E-state index in [9.17, 15) is 14.4 Å². The first-order valence-corrected chi connectivity index (χ1v) is 12.6. The molecule has 1 saturated carbocycles. The highest BCUT2D eigenvalue weighted by Gasteiger charge is 2.43. The second-order valence-corrected chi connectivity index (χ2v) is 10.5. The zero-order chi connectivity index (χ0) is 26.2. The second kappa shape index (κ2) is 12.6. The molecule has 2 atom stereocenters. The number of ether oxygens (including phenoxy) is 1.